The Morgan fingerprint density at radius 3 is 1.13 bits per heavy atom. The van der Waals surface area contributed by atoms with Crippen LogP contribution >= 0.6 is 0 Å². The third-order valence-corrected chi connectivity index (χ3v) is 13.3. The van der Waals surface area contributed by atoms with Gasteiger partial charge in [0.1, 0.15) is 0 Å². The summed E-state index contributed by atoms with van der Waals surface area (Å²) < 4.78 is 5.47. The predicted octanol–water partition coefficient (Wildman–Crippen LogP) is 17.3. The number of carbonyl (C=O) groups is 2. The molecule has 2 atom stereocenters. The second-order valence-electron chi connectivity index (χ2n) is 19.6. The van der Waals surface area contributed by atoms with Crippen molar-refractivity contribution in [3.05, 3.63) is 12.2 Å². The number of carbonyl (C=O) groups excluding carboxylic acids is 2. The molecule has 6 heteroatoms. The number of hydrogen-bond donors (Lipinski definition) is 3. The highest BCUT2D eigenvalue weighted by Gasteiger charge is 2.20. The summed E-state index contributed by atoms with van der Waals surface area (Å²) in [7, 11) is 0. The van der Waals surface area contributed by atoms with Crippen molar-refractivity contribution >= 4 is 11.9 Å². The van der Waals surface area contributed by atoms with E-state index < -0.39 is 12.1 Å². The van der Waals surface area contributed by atoms with Gasteiger partial charge in [0.05, 0.1) is 25.4 Å². The lowest BCUT2D eigenvalue weighted by Gasteiger charge is -2.22. The van der Waals surface area contributed by atoms with Gasteiger partial charge in [-0.1, -0.05) is 264 Å². The molecule has 6 nitrogen and oxygen atoms in total. The van der Waals surface area contributed by atoms with E-state index in [2.05, 4.69) is 31.3 Å². The van der Waals surface area contributed by atoms with Crippen LogP contribution in [0.25, 0.3) is 0 Å². The van der Waals surface area contributed by atoms with Crippen molar-refractivity contribution in [3.8, 4) is 0 Å². The van der Waals surface area contributed by atoms with E-state index in [1.54, 1.807) is 0 Å². The maximum Gasteiger partial charge on any atom is 0.305 e. The fourth-order valence-corrected chi connectivity index (χ4v) is 8.93. The van der Waals surface area contributed by atoms with Gasteiger partial charge in [0.2, 0.25) is 5.91 Å². The Balaban J connectivity index is 3.37. The number of allylic oxidation sites excluding steroid dienone is 2. The first kappa shape index (κ1) is 61.6. The summed E-state index contributed by atoms with van der Waals surface area (Å²) in [5.74, 6) is -0.0340. The van der Waals surface area contributed by atoms with Gasteiger partial charge in [-0.25, -0.2) is 0 Å². The van der Waals surface area contributed by atoms with Crippen LogP contribution in [0, 0.1) is 0 Å². The van der Waals surface area contributed by atoms with E-state index in [9.17, 15) is 19.8 Å². The van der Waals surface area contributed by atoms with E-state index in [0.717, 1.165) is 44.9 Å². The Hall–Kier alpha value is -1.40. The Bertz CT molecular complexity index is 939. The van der Waals surface area contributed by atoms with Crippen LogP contribution in [-0.4, -0.2) is 47.4 Å². The van der Waals surface area contributed by atoms with Crippen LogP contribution in [0.4, 0.5) is 0 Å². The molecular formula is C57H111NO5. The second kappa shape index (κ2) is 53.2. The maximum atomic E-state index is 12.4. The van der Waals surface area contributed by atoms with Crippen LogP contribution in [-0.2, 0) is 14.3 Å². The Morgan fingerprint density at radius 1 is 0.429 bits per heavy atom. The molecule has 374 valence electrons. The first-order valence-electron chi connectivity index (χ1n) is 28.4. The molecule has 0 heterocycles. The molecular weight excluding hydrogens is 779 g/mol. The maximum absolute atomic E-state index is 12.4. The van der Waals surface area contributed by atoms with Crippen molar-refractivity contribution in [2.24, 2.45) is 0 Å². The first-order chi connectivity index (χ1) is 31.0. The van der Waals surface area contributed by atoms with E-state index >= 15 is 0 Å². The van der Waals surface area contributed by atoms with Gasteiger partial charge in [-0.15, -0.1) is 0 Å². The van der Waals surface area contributed by atoms with Gasteiger partial charge in [-0.05, 0) is 51.4 Å². The number of rotatable bonds is 53. The molecule has 2 unspecified atom stereocenters. The van der Waals surface area contributed by atoms with Gasteiger partial charge < -0.3 is 20.3 Å². The highest BCUT2D eigenvalue weighted by atomic mass is 16.5. The molecule has 0 bridgehead atoms. The molecule has 3 N–H and O–H groups in total. The van der Waals surface area contributed by atoms with Crippen LogP contribution in [0.5, 0.6) is 0 Å². The van der Waals surface area contributed by atoms with E-state index in [1.807, 2.05) is 0 Å². The van der Waals surface area contributed by atoms with Gasteiger partial charge in [0.15, 0.2) is 0 Å². The largest absolute Gasteiger partial charge is 0.466 e. The summed E-state index contributed by atoms with van der Waals surface area (Å²) in [4.78, 5) is 24.5. The minimum Gasteiger partial charge on any atom is -0.466 e. The van der Waals surface area contributed by atoms with Crippen LogP contribution in [0.2, 0.25) is 0 Å². The lowest BCUT2D eigenvalue weighted by molar-refractivity contribution is -0.143. The second-order valence-corrected chi connectivity index (χ2v) is 19.6. The molecule has 0 aliphatic rings. The third kappa shape index (κ3) is 49.9. The van der Waals surface area contributed by atoms with Crippen molar-refractivity contribution in [1.82, 2.24) is 5.32 Å². The Labute approximate surface area is 393 Å². The number of aliphatic hydroxyl groups excluding tert-OH is 2. The average Bonchev–Trinajstić information content (AvgIpc) is 3.28. The standard InChI is InChI=1S/C57H111NO5/c1-3-5-7-9-11-13-15-17-27-31-35-39-43-47-51-57(62)63-52-48-44-40-36-32-28-25-23-21-19-18-20-22-24-26-30-34-38-42-46-50-56(61)58-54(53-59)55(60)49-45-41-37-33-29-16-14-12-10-8-6-4-2/h15,17,54-55,59-60H,3-14,16,18-53H2,1-2H3,(H,58,61)/b17-15-. The average molecular weight is 891 g/mol. The molecule has 0 aliphatic carbocycles. The molecule has 63 heavy (non-hydrogen) atoms. The molecule has 0 aromatic heterocycles. The zero-order valence-corrected chi connectivity index (χ0v) is 42.6. The molecule has 0 saturated carbocycles. The van der Waals surface area contributed by atoms with Crippen molar-refractivity contribution < 1.29 is 24.5 Å². The molecule has 0 saturated heterocycles. The zero-order chi connectivity index (χ0) is 45.8. The number of hydrogen-bond acceptors (Lipinski definition) is 5. The number of unbranched alkanes of at least 4 members (excludes halogenated alkanes) is 40. The summed E-state index contributed by atoms with van der Waals surface area (Å²) in [5, 5.41) is 23.2. The monoisotopic (exact) mass is 890 g/mol. The Morgan fingerprint density at radius 2 is 0.746 bits per heavy atom. The van der Waals surface area contributed by atoms with Crippen molar-refractivity contribution in [1.29, 1.82) is 0 Å². The summed E-state index contributed by atoms with van der Waals surface area (Å²) in [5.41, 5.74) is 0. The smallest absolute Gasteiger partial charge is 0.305 e. The lowest BCUT2D eigenvalue weighted by atomic mass is 10.0. The summed E-state index contributed by atoms with van der Waals surface area (Å²) in [6.07, 6.45) is 62.0. The number of amides is 1. The normalized spacial score (nSPS) is 12.6. The van der Waals surface area contributed by atoms with Crippen molar-refractivity contribution in [2.75, 3.05) is 13.2 Å². The highest BCUT2D eigenvalue weighted by molar-refractivity contribution is 5.76. The van der Waals surface area contributed by atoms with Crippen LogP contribution in [0.15, 0.2) is 12.2 Å². The Kier molecular flexibility index (Phi) is 52.0. The minimum atomic E-state index is -0.663. The quantitative estimate of drug-likeness (QED) is 0.0321. The number of aliphatic hydroxyl groups is 2. The van der Waals surface area contributed by atoms with Gasteiger partial charge >= 0.3 is 5.97 Å². The lowest BCUT2D eigenvalue weighted by Crippen LogP contribution is -2.45. The number of esters is 1. The van der Waals surface area contributed by atoms with Crippen LogP contribution < -0.4 is 5.32 Å². The fourth-order valence-electron chi connectivity index (χ4n) is 8.93. The van der Waals surface area contributed by atoms with E-state index in [1.165, 1.54) is 238 Å². The summed E-state index contributed by atoms with van der Waals surface area (Å²) in [6, 6.07) is -0.541. The molecule has 0 aromatic rings. The summed E-state index contributed by atoms with van der Waals surface area (Å²) >= 11 is 0. The van der Waals surface area contributed by atoms with Gasteiger partial charge in [0.25, 0.3) is 0 Å². The molecule has 1 amide bonds. The number of nitrogens with one attached hydrogen (secondary N) is 1. The summed E-state index contributed by atoms with van der Waals surface area (Å²) in [6.45, 7) is 4.94. The minimum absolute atomic E-state index is 0.00240. The number of ether oxygens (including phenoxy) is 1. The fraction of sp³-hybridized carbons (Fsp3) is 0.930. The van der Waals surface area contributed by atoms with Gasteiger partial charge in [-0.2, -0.15) is 0 Å². The first-order valence-corrected chi connectivity index (χ1v) is 28.4. The predicted molar refractivity (Wildman–Crippen MR) is 273 cm³/mol. The zero-order valence-electron chi connectivity index (χ0n) is 42.6. The molecule has 0 fully saturated rings. The SMILES string of the molecule is CCCCCCC/C=C\CCCCCCCC(=O)OCCCCCCCCCCCCCCCCCCCCCCC(=O)NC(CO)C(O)CCCCCCCCCCCCCC. The topological polar surface area (TPSA) is 95.9 Å². The van der Waals surface area contributed by atoms with E-state index in [0.29, 0.717) is 25.9 Å². The third-order valence-electron chi connectivity index (χ3n) is 13.3. The van der Waals surface area contributed by atoms with Gasteiger partial charge in [-0.3, -0.25) is 9.59 Å². The van der Waals surface area contributed by atoms with E-state index in [-0.39, 0.29) is 18.5 Å². The van der Waals surface area contributed by atoms with Crippen molar-refractivity contribution in [2.45, 2.75) is 328 Å². The molecule has 0 radical (unpaired) electrons. The molecule has 0 rings (SSSR count). The van der Waals surface area contributed by atoms with Crippen LogP contribution in [0.3, 0.4) is 0 Å². The molecule has 0 spiro atoms. The van der Waals surface area contributed by atoms with Crippen LogP contribution in [0.1, 0.15) is 316 Å². The van der Waals surface area contributed by atoms with Gasteiger partial charge in [0, 0.05) is 12.8 Å². The highest BCUT2D eigenvalue weighted by Crippen LogP contribution is 2.17. The molecule has 0 aromatic carbocycles. The molecule has 0 aliphatic heterocycles. The van der Waals surface area contributed by atoms with Crippen molar-refractivity contribution in [3.63, 3.8) is 0 Å². The van der Waals surface area contributed by atoms with E-state index in [4.69, 9.17) is 4.74 Å².